The van der Waals surface area contributed by atoms with Crippen molar-refractivity contribution in [3.63, 3.8) is 0 Å². The average molecular weight is 126 g/mol. The van der Waals surface area contributed by atoms with Gasteiger partial charge in [0.25, 0.3) is 0 Å². The van der Waals surface area contributed by atoms with Crippen LogP contribution in [-0.4, -0.2) is 12.6 Å². The van der Waals surface area contributed by atoms with Gasteiger partial charge >= 0.3 is 0 Å². The molecule has 1 rings (SSSR count). The molecule has 1 saturated heterocycles. The Morgan fingerprint density at radius 2 is 2.33 bits per heavy atom. The molecule has 1 unspecified atom stereocenters. The van der Waals surface area contributed by atoms with Crippen LogP contribution in [0.5, 0.6) is 0 Å². The lowest BCUT2D eigenvalue weighted by Gasteiger charge is -2.21. The molecule has 1 heterocycles. The highest BCUT2D eigenvalue weighted by atomic mass is 15.5. The zero-order valence-corrected chi connectivity index (χ0v) is 5.77. The summed E-state index contributed by atoms with van der Waals surface area (Å²) in [6.45, 7) is 4.83. The van der Waals surface area contributed by atoms with Crippen molar-refractivity contribution in [1.82, 2.24) is 5.32 Å². The van der Waals surface area contributed by atoms with Gasteiger partial charge in [0.05, 0.1) is 0 Å². The molecule has 0 aromatic rings. The largest absolute Gasteiger partial charge is 0.313 e. The summed E-state index contributed by atoms with van der Waals surface area (Å²) in [5.41, 5.74) is 0. The van der Waals surface area contributed by atoms with E-state index in [0.717, 1.165) is 0 Å². The fraction of sp³-hybridized carbons (Fsp3) is 0.625. The third kappa shape index (κ3) is 2.19. The van der Waals surface area contributed by atoms with Crippen molar-refractivity contribution in [3.05, 3.63) is 19.1 Å². The Balaban J connectivity index is 2.15. The molecule has 1 heteroatoms. The molecule has 1 atom stereocenters. The first kappa shape index (κ1) is 6.81. The average Bonchev–Trinajstić information content (AvgIpc) is 1.91. The van der Waals surface area contributed by atoms with E-state index in [-0.39, 0.29) is 0 Å². The standard InChI is InChI=1S/C8H14N/c1-2-5-8-6-3-4-7-9-8/h2,5,8-9H,1,3-4,6-7H2/i8+2. The summed E-state index contributed by atoms with van der Waals surface area (Å²) >= 11 is 0. The highest BCUT2D eigenvalue weighted by Gasteiger charge is 2.09. The lowest BCUT2D eigenvalue weighted by molar-refractivity contribution is 0.442. The van der Waals surface area contributed by atoms with E-state index in [0.29, 0.717) is 6.04 Å². The fourth-order valence-corrected chi connectivity index (χ4v) is 1.21. The van der Waals surface area contributed by atoms with E-state index in [2.05, 4.69) is 18.3 Å². The Bertz CT molecular complexity index is 82.6. The molecule has 1 N–H and O–H groups in total. The first-order valence-corrected chi connectivity index (χ1v) is 3.63. The van der Waals surface area contributed by atoms with Crippen LogP contribution in [0.1, 0.15) is 19.3 Å². The van der Waals surface area contributed by atoms with Gasteiger partial charge in [-0.1, -0.05) is 12.5 Å². The SMILES string of the molecule is C=C[CH][14CH]1CCCCN1. The molecular weight excluding hydrogens is 112 g/mol. The summed E-state index contributed by atoms with van der Waals surface area (Å²) < 4.78 is 0. The van der Waals surface area contributed by atoms with Crippen LogP contribution in [-0.2, 0) is 0 Å². The second-order valence-corrected chi connectivity index (χ2v) is 2.48. The Kier molecular flexibility index (Phi) is 2.78. The molecule has 0 aromatic carbocycles. The van der Waals surface area contributed by atoms with E-state index in [1.165, 1.54) is 25.8 Å². The molecule has 0 aliphatic carbocycles. The third-order valence-electron chi connectivity index (χ3n) is 1.72. The minimum absolute atomic E-state index is 0.608. The second kappa shape index (κ2) is 3.67. The normalized spacial score (nSPS) is 27.8. The van der Waals surface area contributed by atoms with Gasteiger partial charge in [0.15, 0.2) is 0 Å². The summed E-state index contributed by atoms with van der Waals surface area (Å²) in [5, 5.41) is 3.39. The Morgan fingerprint density at radius 1 is 1.44 bits per heavy atom. The zero-order valence-electron chi connectivity index (χ0n) is 5.77. The maximum absolute atomic E-state index is 3.66. The summed E-state index contributed by atoms with van der Waals surface area (Å²) in [6.07, 6.45) is 8.00. The summed E-state index contributed by atoms with van der Waals surface area (Å²) in [7, 11) is 0. The van der Waals surface area contributed by atoms with Crippen LogP contribution in [0.15, 0.2) is 12.7 Å². The molecule has 51 valence electrons. The third-order valence-corrected chi connectivity index (χ3v) is 1.72. The van der Waals surface area contributed by atoms with Crippen LogP contribution in [0.4, 0.5) is 0 Å². The van der Waals surface area contributed by atoms with Gasteiger partial charge in [-0.3, -0.25) is 0 Å². The van der Waals surface area contributed by atoms with Crippen molar-refractivity contribution >= 4 is 0 Å². The molecule has 1 fully saturated rings. The van der Waals surface area contributed by atoms with Crippen LogP contribution < -0.4 is 5.32 Å². The molecule has 0 aromatic heterocycles. The van der Waals surface area contributed by atoms with E-state index in [9.17, 15) is 0 Å². The molecular formula is C8H14N. The number of rotatable bonds is 2. The summed E-state index contributed by atoms with van der Waals surface area (Å²) in [4.78, 5) is 0. The van der Waals surface area contributed by atoms with E-state index >= 15 is 0 Å². The van der Waals surface area contributed by atoms with Crippen molar-refractivity contribution < 1.29 is 0 Å². The maximum atomic E-state index is 3.66. The lowest BCUT2D eigenvalue weighted by Crippen LogP contribution is -2.33. The van der Waals surface area contributed by atoms with Crippen LogP contribution in [0.25, 0.3) is 0 Å². The summed E-state index contributed by atoms with van der Waals surface area (Å²) in [5.74, 6) is 0. The predicted molar refractivity (Wildman–Crippen MR) is 40.1 cm³/mol. The van der Waals surface area contributed by atoms with E-state index in [1.807, 2.05) is 6.08 Å². The topological polar surface area (TPSA) is 12.0 Å². The quantitative estimate of drug-likeness (QED) is 0.591. The van der Waals surface area contributed by atoms with Crippen LogP contribution in [0.2, 0.25) is 0 Å². The molecule has 0 saturated carbocycles. The molecule has 0 amide bonds. The first-order chi connectivity index (χ1) is 4.43. The van der Waals surface area contributed by atoms with E-state index in [1.54, 1.807) is 0 Å². The van der Waals surface area contributed by atoms with Crippen LogP contribution in [0.3, 0.4) is 0 Å². The van der Waals surface area contributed by atoms with Crippen LogP contribution in [0, 0.1) is 6.42 Å². The van der Waals surface area contributed by atoms with E-state index < -0.39 is 0 Å². The number of piperidine rings is 1. The minimum atomic E-state index is 0.608. The maximum Gasteiger partial charge on any atom is 0.0136 e. The molecule has 1 aliphatic rings. The summed E-state index contributed by atoms with van der Waals surface area (Å²) in [6, 6.07) is 0.608. The predicted octanol–water partition coefficient (Wildman–Crippen LogP) is 1.52. The second-order valence-electron chi connectivity index (χ2n) is 2.48. The first-order valence-electron chi connectivity index (χ1n) is 3.63. The van der Waals surface area contributed by atoms with Crippen molar-refractivity contribution in [2.75, 3.05) is 6.54 Å². The van der Waals surface area contributed by atoms with Crippen molar-refractivity contribution in [3.8, 4) is 0 Å². The van der Waals surface area contributed by atoms with Gasteiger partial charge in [0.2, 0.25) is 0 Å². The van der Waals surface area contributed by atoms with Gasteiger partial charge in [0.1, 0.15) is 0 Å². The Labute approximate surface area is 57.1 Å². The monoisotopic (exact) mass is 126 g/mol. The number of hydrogen-bond acceptors (Lipinski definition) is 1. The van der Waals surface area contributed by atoms with Crippen molar-refractivity contribution in [2.45, 2.75) is 25.3 Å². The zero-order chi connectivity index (χ0) is 6.53. The molecule has 1 radical (unpaired) electrons. The number of hydrogen-bond donors (Lipinski definition) is 1. The molecule has 9 heavy (non-hydrogen) atoms. The van der Waals surface area contributed by atoms with Gasteiger partial charge < -0.3 is 5.32 Å². The van der Waals surface area contributed by atoms with Crippen molar-refractivity contribution in [2.24, 2.45) is 0 Å². The van der Waals surface area contributed by atoms with Gasteiger partial charge in [-0.05, 0) is 25.8 Å². The van der Waals surface area contributed by atoms with Gasteiger partial charge in [-0.25, -0.2) is 0 Å². The van der Waals surface area contributed by atoms with Gasteiger partial charge in [0, 0.05) is 6.04 Å². The fourth-order valence-electron chi connectivity index (χ4n) is 1.21. The highest BCUT2D eigenvalue weighted by molar-refractivity contribution is 4.97. The molecule has 0 spiro atoms. The smallest absolute Gasteiger partial charge is 0.0136 e. The lowest BCUT2D eigenvalue weighted by atomic mass is 10.3. The van der Waals surface area contributed by atoms with Crippen molar-refractivity contribution in [1.29, 1.82) is 0 Å². The minimum Gasteiger partial charge on any atom is -0.313 e. The molecule has 0 bridgehead atoms. The Morgan fingerprint density at radius 3 is 2.89 bits per heavy atom. The Hall–Kier alpha value is -0.300. The highest BCUT2D eigenvalue weighted by Crippen LogP contribution is 2.08. The van der Waals surface area contributed by atoms with E-state index in [4.69, 9.17) is 0 Å². The molecule has 1 nitrogen and oxygen atoms in total. The number of nitrogens with one attached hydrogen (secondary N) is 1. The van der Waals surface area contributed by atoms with Gasteiger partial charge in [-0.15, -0.1) is 6.58 Å². The molecule has 1 aliphatic heterocycles. The van der Waals surface area contributed by atoms with Gasteiger partial charge in [-0.2, -0.15) is 0 Å². The van der Waals surface area contributed by atoms with Crippen LogP contribution >= 0.6 is 0 Å².